The highest BCUT2D eigenvalue weighted by Gasteiger charge is 2.13. The van der Waals surface area contributed by atoms with E-state index >= 15 is 0 Å². The average molecular weight is 477 g/mol. The molecule has 0 saturated heterocycles. The van der Waals surface area contributed by atoms with Crippen LogP contribution in [0.4, 0.5) is 11.5 Å². The molecule has 1 N–H and O–H groups in total. The van der Waals surface area contributed by atoms with Crippen LogP contribution in [0.3, 0.4) is 0 Å². The number of hydrogen-bond acceptors (Lipinski definition) is 7. The van der Waals surface area contributed by atoms with Gasteiger partial charge in [0.2, 0.25) is 0 Å². The first kappa shape index (κ1) is 21.6. The molecule has 5 rings (SSSR count). The number of benzene rings is 2. The van der Waals surface area contributed by atoms with Gasteiger partial charge in [-0.2, -0.15) is 0 Å². The number of fused-ring (bicyclic) bond motifs is 3. The van der Waals surface area contributed by atoms with Gasteiger partial charge >= 0.3 is 0 Å². The highest BCUT2D eigenvalue weighted by atomic mass is 35.5. The molecule has 0 aliphatic rings. The minimum Gasteiger partial charge on any atom is -0.486 e. The van der Waals surface area contributed by atoms with E-state index in [0.717, 1.165) is 39.2 Å². The van der Waals surface area contributed by atoms with Crippen LogP contribution in [-0.4, -0.2) is 28.7 Å². The Balaban J connectivity index is 1.39. The van der Waals surface area contributed by atoms with Crippen molar-refractivity contribution in [1.29, 1.82) is 0 Å². The molecule has 8 heteroatoms. The first-order valence-corrected chi connectivity index (χ1v) is 11.6. The molecule has 166 valence electrons. The summed E-state index contributed by atoms with van der Waals surface area (Å²) in [6.45, 7) is 1.05. The van der Waals surface area contributed by atoms with Crippen molar-refractivity contribution in [2.24, 2.45) is 0 Å². The zero-order chi connectivity index (χ0) is 22.6. The second kappa shape index (κ2) is 9.70. The van der Waals surface area contributed by atoms with Gasteiger partial charge in [0.05, 0.1) is 22.7 Å². The van der Waals surface area contributed by atoms with Crippen molar-refractivity contribution in [3.63, 3.8) is 0 Å². The highest BCUT2D eigenvalue weighted by Crippen LogP contribution is 2.38. The average Bonchev–Trinajstić information content (AvgIpc) is 3.21. The fourth-order valence-corrected chi connectivity index (χ4v) is 4.93. The maximum absolute atomic E-state index is 6.49. The van der Waals surface area contributed by atoms with Crippen molar-refractivity contribution in [1.82, 2.24) is 15.0 Å². The Hall–Kier alpha value is -3.26. The first-order chi connectivity index (χ1) is 16.2. The van der Waals surface area contributed by atoms with Crippen LogP contribution in [0.15, 0.2) is 67.1 Å². The van der Waals surface area contributed by atoms with Crippen molar-refractivity contribution < 1.29 is 9.47 Å². The molecule has 0 unspecified atom stereocenters. The molecule has 0 aliphatic carbocycles. The number of ether oxygens (including phenoxy) is 2. The Labute approximate surface area is 200 Å². The molecule has 0 radical (unpaired) electrons. The van der Waals surface area contributed by atoms with Crippen LogP contribution in [0.25, 0.3) is 20.3 Å². The smallest absolute Gasteiger partial charge is 0.143 e. The molecule has 2 aromatic carbocycles. The lowest BCUT2D eigenvalue weighted by molar-refractivity contribution is 0.202. The molecule has 33 heavy (non-hydrogen) atoms. The normalized spacial score (nSPS) is 11.2. The summed E-state index contributed by atoms with van der Waals surface area (Å²) in [5.74, 6) is 1.35. The molecule has 0 atom stereocenters. The van der Waals surface area contributed by atoms with E-state index in [1.807, 2.05) is 36.4 Å². The zero-order valence-corrected chi connectivity index (χ0v) is 19.5. The third kappa shape index (κ3) is 4.75. The van der Waals surface area contributed by atoms with Crippen molar-refractivity contribution in [3.8, 4) is 5.75 Å². The van der Waals surface area contributed by atoms with E-state index in [9.17, 15) is 0 Å². The molecule has 0 aliphatic heterocycles. The highest BCUT2D eigenvalue weighted by molar-refractivity contribution is 7.25. The van der Waals surface area contributed by atoms with Gasteiger partial charge in [0.25, 0.3) is 0 Å². The summed E-state index contributed by atoms with van der Waals surface area (Å²) >= 11 is 8.15. The summed E-state index contributed by atoms with van der Waals surface area (Å²) in [5.41, 5.74) is 2.90. The number of nitrogens with zero attached hydrogens (tertiary/aromatic N) is 3. The lowest BCUT2D eigenvalue weighted by atomic mass is 10.1. The molecule has 3 aromatic heterocycles. The van der Waals surface area contributed by atoms with Crippen LogP contribution in [0.2, 0.25) is 5.02 Å². The van der Waals surface area contributed by atoms with Gasteiger partial charge < -0.3 is 14.8 Å². The Bertz CT molecular complexity index is 1410. The Morgan fingerprint density at radius 2 is 1.97 bits per heavy atom. The third-order valence-corrected chi connectivity index (χ3v) is 6.58. The van der Waals surface area contributed by atoms with Crippen molar-refractivity contribution in [2.45, 2.75) is 13.0 Å². The summed E-state index contributed by atoms with van der Waals surface area (Å²) in [7, 11) is 1.72. The number of methoxy groups -OCH3 is 1. The lowest BCUT2D eigenvalue weighted by Gasteiger charge is -2.11. The van der Waals surface area contributed by atoms with E-state index in [1.54, 1.807) is 31.0 Å². The monoisotopic (exact) mass is 476 g/mol. The summed E-state index contributed by atoms with van der Waals surface area (Å²) in [6.07, 6.45) is 4.20. The van der Waals surface area contributed by atoms with Crippen LogP contribution in [0.1, 0.15) is 11.3 Å². The largest absolute Gasteiger partial charge is 0.486 e. The summed E-state index contributed by atoms with van der Waals surface area (Å²) < 4.78 is 12.2. The first-order valence-electron chi connectivity index (χ1n) is 10.5. The van der Waals surface area contributed by atoms with Gasteiger partial charge in [0.15, 0.2) is 0 Å². The van der Waals surface area contributed by atoms with Gasteiger partial charge in [0.1, 0.15) is 29.3 Å². The molecule has 6 nitrogen and oxygen atoms in total. The number of thiophene rings is 1. The van der Waals surface area contributed by atoms with Gasteiger partial charge in [-0.05, 0) is 48.4 Å². The molecular weight excluding hydrogens is 456 g/mol. The number of nitrogens with one attached hydrogen (secondary N) is 1. The van der Waals surface area contributed by atoms with E-state index in [1.165, 1.54) is 10.3 Å². The fraction of sp³-hybridized carbons (Fsp3) is 0.160. The predicted octanol–water partition coefficient (Wildman–Crippen LogP) is 6.40. The SMILES string of the molecule is COCCc1ccc2c(c1)sc1ncnc(Nc3ccc(OCc4ccccn4)c(Cl)c3)c12. The molecular formula is C25H21ClN4O2S. The van der Waals surface area contributed by atoms with E-state index in [4.69, 9.17) is 21.1 Å². The van der Waals surface area contributed by atoms with Crippen LogP contribution < -0.4 is 10.1 Å². The summed E-state index contributed by atoms with van der Waals surface area (Å²) in [6, 6.07) is 17.8. The summed E-state index contributed by atoms with van der Waals surface area (Å²) in [4.78, 5) is 14.2. The van der Waals surface area contributed by atoms with Gasteiger partial charge in [-0.25, -0.2) is 9.97 Å². The van der Waals surface area contributed by atoms with Gasteiger partial charge in [-0.15, -0.1) is 11.3 Å². The fourth-order valence-electron chi connectivity index (χ4n) is 3.59. The third-order valence-electron chi connectivity index (χ3n) is 5.23. The van der Waals surface area contributed by atoms with Crippen LogP contribution in [-0.2, 0) is 17.8 Å². The Morgan fingerprint density at radius 1 is 1.03 bits per heavy atom. The van der Waals surface area contributed by atoms with E-state index < -0.39 is 0 Å². The van der Waals surface area contributed by atoms with E-state index in [2.05, 4.69) is 38.5 Å². The van der Waals surface area contributed by atoms with Crippen LogP contribution in [0.5, 0.6) is 5.75 Å². The summed E-state index contributed by atoms with van der Waals surface area (Å²) in [5, 5.41) is 6.04. The number of pyridine rings is 1. The van der Waals surface area contributed by atoms with Gasteiger partial charge in [-0.1, -0.05) is 29.8 Å². The molecule has 0 saturated carbocycles. The number of rotatable bonds is 8. The maximum Gasteiger partial charge on any atom is 0.143 e. The molecule has 0 fully saturated rings. The molecule has 5 aromatic rings. The van der Waals surface area contributed by atoms with Crippen LogP contribution in [0, 0.1) is 0 Å². The minimum atomic E-state index is 0.354. The molecule has 3 heterocycles. The van der Waals surface area contributed by atoms with Crippen LogP contribution >= 0.6 is 22.9 Å². The van der Waals surface area contributed by atoms with Crippen molar-refractivity contribution in [2.75, 3.05) is 19.0 Å². The number of aromatic nitrogens is 3. The van der Waals surface area contributed by atoms with Gasteiger partial charge in [0, 0.05) is 29.1 Å². The molecule has 0 bridgehead atoms. The second-order valence-corrected chi connectivity index (χ2v) is 8.90. The topological polar surface area (TPSA) is 69.2 Å². The Kier molecular flexibility index (Phi) is 6.35. The van der Waals surface area contributed by atoms with Crippen molar-refractivity contribution >= 4 is 54.7 Å². The van der Waals surface area contributed by atoms with E-state index in [0.29, 0.717) is 24.0 Å². The number of anilines is 2. The Morgan fingerprint density at radius 3 is 2.79 bits per heavy atom. The minimum absolute atomic E-state index is 0.354. The standard InChI is InChI=1S/C25H21ClN4O2S/c1-31-11-9-16-5-7-19-22(12-16)33-25-23(19)24(28-15-29-25)30-17-6-8-21(20(26)13-17)32-14-18-4-2-3-10-27-18/h2-8,10,12-13,15H,9,11,14H2,1H3,(H,28,29,30). The zero-order valence-electron chi connectivity index (χ0n) is 17.9. The lowest BCUT2D eigenvalue weighted by Crippen LogP contribution is -1.99. The number of hydrogen-bond donors (Lipinski definition) is 1. The maximum atomic E-state index is 6.49. The van der Waals surface area contributed by atoms with Gasteiger partial charge in [-0.3, -0.25) is 4.98 Å². The number of halogens is 1. The quantitative estimate of drug-likeness (QED) is 0.279. The predicted molar refractivity (Wildman–Crippen MR) is 134 cm³/mol. The second-order valence-electron chi connectivity index (χ2n) is 7.46. The van der Waals surface area contributed by atoms with Crippen molar-refractivity contribution in [3.05, 3.63) is 83.4 Å². The molecule has 0 spiro atoms. The van der Waals surface area contributed by atoms with E-state index in [-0.39, 0.29) is 0 Å². The molecule has 0 amide bonds.